The number of carbonyl (C=O) groups excluding carboxylic acids is 1. The van der Waals surface area contributed by atoms with Crippen LogP contribution >= 0.6 is 11.6 Å². The van der Waals surface area contributed by atoms with Crippen LogP contribution in [-0.2, 0) is 4.79 Å². The zero-order valence-electron chi connectivity index (χ0n) is 10.8. The van der Waals surface area contributed by atoms with Gasteiger partial charge in [-0.3, -0.25) is 4.79 Å². The normalized spacial score (nSPS) is 12.1. The van der Waals surface area contributed by atoms with Crippen molar-refractivity contribution in [2.24, 2.45) is 0 Å². The lowest BCUT2D eigenvalue weighted by Crippen LogP contribution is -2.41. The van der Waals surface area contributed by atoms with Crippen molar-refractivity contribution < 1.29 is 9.18 Å². The quantitative estimate of drug-likeness (QED) is 0.893. The first-order chi connectivity index (χ1) is 8.51. The van der Waals surface area contributed by atoms with Gasteiger partial charge in [0.1, 0.15) is 11.9 Å². The fourth-order valence-corrected chi connectivity index (χ4v) is 1.94. The van der Waals surface area contributed by atoms with Crippen molar-refractivity contribution in [2.45, 2.75) is 26.8 Å². The number of amides is 1. The maximum absolute atomic E-state index is 13.6. The lowest BCUT2D eigenvalue weighted by atomic mass is 10.2. The van der Waals surface area contributed by atoms with E-state index in [1.165, 1.54) is 12.1 Å². The van der Waals surface area contributed by atoms with Gasteiger partial charge < -0.3 is 10.2 Å². The zero-order chi connectivity index (χ0) is 13.7. The molecule has 0 radical (unpaired) electrons. The van der Waals surface area contributed by atoms with Gasteiger partial charge in [-0.05, 0) is 32.9 Å². The molecule has 18 heavy (non-hydrogen) atoms. The first kappa shape index (κ1) is 14.8. The van der Waals surface area contributed by atoms with Gasteiger partial charge in [-0.2, -0.15) is 0 Å². The average Bonchev–Trinajstić information content (AvgIpc) is 2.35. The highest BCUT2D eigenvalue weighted by molar-refractivity contribution is 6.33. The third-order valence-electron chi connectivity index (χ3n) is 2.77. The standard InChI is InChI=1S/C13H18ClFN2O/c1-4-17(5-2)13(18)9(3)16-12-10(14)7-6-8-11(12)15/h6-9,16H,4-5H2,1-3H3. The van der Waals surface area contributed by atoms with E-state index >= 15 is 0 Å². The molecule has 0 heterocycles. The van der Waals surface area contributed by atoms with Crippen molar-refractivity contribution in [1.82, 2.24) is 4.90 Å². The third kappa shape index (κ3) is 3.35. The van der Waals surface area contributed by atoms with Gasteiger partial charge in [-0.25, -0.2) is 4.39 Å². The second kappa shape index (κ2) is 6.59. The zero-order valence-corrected chi connectivity index (χ0v) is 11.6. The van der Waals surface area contributed by atoms with Crippen LogP contribution < -0.4 is 5.32 Å². The summed E-state index contributed by atoms with van der Waals surface area (Å²) in [4.78, 5) is 13.7. The Morgan fingerprint density at radius 3 is 2.56 bits per heavy atom. The molecule has 1 unspecified atom stereocenters. The van der Waals surface area contributed by atoms with E-state index in [0.717, 1.165) is 0 Å². The maximum Gasteiger partial charge on any atom is 0.244 e. The molecule has 1 atom stereocenters. The smallest absolute Gasteiger partial charge is 0.244 e. The molecular weight excluding hydrogens is 255 g/mol. The number of likely N-dealkylation sites (N-methyl/N-ethyl adjacent to an activating group) is 1. The molecule has 0 aliphatic rings. The Balaban J connectivity index is 2.81. The molecule has 1 amide bonds. The van der Waals surface area contributed by atoms with E-state index in [2.05, 4.69) is 5.32 Å². The van der Waals surface area contributed by atoms with E-state index in [1.54, 1.807) is 17.9 Å². The summed E-state index contributed by atoms with van der Waals surface area (Å²) in [6, 6.07) is 3.91. The summed E-state index contributed by atoms with van der Waals surface area (Å²) in [6.07, 6.45) is 0. The second-order valence-electron chi connectivity index (χ2n) is 3.97. The minimum Gasteiger partial charge on any atom is -0.370 e. The van der Waals surface area contributed by atoms with Gasteiger partial charge in [0.25, 0.3) is 0 Å². The predicted molar refractivity (Wildman–Crippen MR) is 72.4 cm³/mol. The molecule has 0 saturated heterocycles. The number of nitrogens with one attached hydrogen (secondary N) is 1. The van der Waals surface area contributed by atoms with Crippen LogP contribution in [0, 0.1) is 5.82 Å². The van der Waals surface area contributed by atoms with E-state index in [9.17, 15) is 9.18 Å². The van der Waals surface area contributed by atoms with Gasteiger partial charge in [-0.15, -0.1) is 0 Å². The number of halogens is 2. The third-order valence-corrected chi connectivity index (χ3v) is 3.08. The Morgan fingerprint density at radius 1 is 1.44 bits per heavy atom. The predicted octanol–water partition coefficient (Wildman–Crippen LogP) is 3.15. The molecule has 1 aromatic carbocycles. The molecule has 0 saturated carbocycles. The fraction of sp³-hybridized carbons (Fsp3) is 0.462. The Morgan fingerprint density at radius 2 is 2.06 bits per heavy atom. The highest BCUT2D eigenvalue weighted by Crippen LogP contribution is 2.25. The highest BCUT2D eigenvalue weighted by Gasteiger charge is 2.19. The molecule has 100 valence electrons. The van der Waals surface area contributed by atoms with Crippen molar-refractivity contribution >= 4 is 23.2 Å². The topological polar surface area (TPSA) is 32.3 Å². The van der Waals surface area contributed by atoms with Crippen molar-refractivity contribution in [1.29, 1.82) is 0 Å². The highest BCUT2D eigenvalue weighted by atomic mass is 35.5. The van der Waals surface area contributed by atoms with E-state index in [0.29, 0.717) is 13.1 Å². The van der Waals surface area contributed by atoms with Crippen molar-refractivity contribution in [3.63, 3.8) is 0 Å². The van der Waals surface area contributed by atoms with Crippen LogP contribution in [0.2, 0.25) is 5.02 Å². The first-order valence-electron chi connectivity index (χ1n) is 6.00. The molecule has 0 aliphatic heterocycles. The summed E-state index contributed by atoms with van der Waals surface area (Å²) in [5, 5.41) is 3.10. The summed E-state index contributed by atoms with van der Waals surface area (Å²) >= 11 is 5.90. The largest absolute Gasteiger partial charge is 0.370 e. The summed E-state index contributed by atoms with van der Waals surface area (Å²) in [7, 11) is 0. The Labute approximate surface area is 112 Å². The lowest BCUT2D eigenvalue weighted by Gasteiger charge is -2.24. The van der Waals surface area contributed by atoms with Crippen LogP contribution in [0.5, 0.6) is 0 Å². The number of hydrogen-bond donors (Lipinski definition) is 1. The molecule has 3 nitrogen and oxygen atoms in total. The van der Waals surface area contributed by atoms with Crippen LogP contribution in [0.15, 0.2) is 18.2 Å². The number of nitrogens with zero attached hydrogens (tertiary/aromatic N) is 1. The average molecular weight is 273 g/mol. The van der Waals surface area contributed by atoms with Gasteiger partial charge in [0.2, 0.25) is 5.91 Å². The van der Waals surface area contributed by atoms with Crippen LogP contribution in [0.3, 0.4) is 0 Å². The number of benzene rings is 1. The fourth-order valence-electron chi connectivity index (χ4n) is 1.72. The minimum atomic E-state index is -0.515. The minimum absolute atomic E-state index is 0.0701. The monoisotopic (exact) mass is 272 g/mol. The molecule has 1 N–H and O–H groups in total. The number of carbonyl (C=O) groups is 1. The first-order valence-corrected chi connectivity index (χ1v) is 6.38. The molecule has 1 aromatic rings. The van der Waals surface area contributed by atoms with Crippen LogP contribution in [0.1, 0.15) is 20.8 Å². The number of para-hydroxylation sites is 1. The van der Waals surface area contributed by atoms with Gasteiger partial charge in [-0.1, -0.05) is 17.7 Å². The second-order valence-corrected chi connectivity index (χ2v) is 4.38. The number of rotatable bonds is 5. The van der Waals surface area contributed by atoms with E-state index in [4.69, 9.17) is 11.6 Å². The lowest BCUT2D eigenvalue weighted by molar-refractivity contribution is -0.131. The summed E-state index contributed by atoms with van der Waals surface area (Å²) in [6.45, 7) is 6.77. The maximum atomic E-state index is 13.6. The SMILES string of the molecule is CCN(CC)C(=O)C(C)Nc1c(F)cccc1Cl. The Hall–Kier alpha value is -1.29. The van der Waals surface area contributed by atoms with Crippen LogP contribution in [-0.4, -0.2) is 29.9 Å². The molecule has 1 rings (SSSR count). The van der Waals surface area contributed by atoms with E-state index in [-0.39, 0.29) is 16.6 Å². The summed E-state index contributed by atoms with van der Waals surface area (Å²) in [5.41, 5.74) is 0.173. The van der Waals surface area contributed by atoms with E-state index < -0.39 is 11.9 Å². The molecule has 0 fully saturated rings. The van der Waals surface area contributed by atoms with Crippen molar-refractivity contribution in [3.8, 4) is 0 Å². The Kier molecular flexibility index (Phi) is 5.41. The number of hydrogen-bond acceptors (Lipinski definition) is 2. The van der Waals surface area contributed by atoms with Gasteiger partial charge in [0.05, 0.1) is 10.7 Å². The van der Waals surface area contributed by atoms with Crippen LogP contribution in [0.4, 0.5) is 10.1 Å². The summed E-state index contributed by atoms with van der Waals surface area (Å²) in [5.74, 6) is -0.527. The molecule has 5 heteroatoms. The molecular formula is C13H18ClFN2O. The van der Waals surface area contributed by atoms with Crippen LogP contribution in [0.25, 0.3) is 0 Å². The van der Waals surface area contributed by atoms with E-state index in [1.807, 2.05) is 13.8 Å². The number of anilines is 1. The molecule has 0 aromatic heterocycles. The van der Waals surface area contributed by atoms with Crippen molar-refractivity contribution in [3.05, 3.63) is 29.0 Å². The molecule has 0 aliphatic carbocycles. The van der Waals surface area contributed by atoms with Crippen molar-refractivity contribution in [2.75, 3.05) is 18.4 Å². The Bertz CT molecular complexity index is 401. The molecule has 0 bridgehead atoms. The van der Waals surface area contributed by atoms with Gasteiger partial charge in [0, 0.05) is 13.1 Å². The van der Waals surface area contributed by atoms with Gasteiger partial charge >= 0.3 is 0 Å². The summed E-state index contributed by atoms with van der Waals surface area (Å²) < 4.78 is 13.6. The van der Waals surface area contributed by atoms with Gasteiger partial charge in [0.15, 0.2) is 0 Å². The molecule has 0 spiro atoms.